The molecular formula is C58H59F9N18. The Morgan fingerprint density at radius 2 is 0.882 bits per heavy atom. The van der Waals surface area contributed by atoms with Gasteiger partial charge in [0.2, 0.25) is 0 Å². The fourth-order valence-corrected chi connectivity index (χ4v) is 11.0. The molecule has 12 heterocycles. The molecule has 9 aromatic heterocycles. The Morgan fingerprint density at radius 3 is 1.31 bits per heavy atom. The summed E-state index contributed by atoms with van der Waals surface area (Å²) >= 11 is 0. The fraction of sp³-hybridized carbons (Fsp3) is 0.328. The van der Waals surface area contributed by atoms with Crippen LogP contribution < -0.4 is 31.5 Å². The van der Waals surface area contributed by atoms with Gasteiger partial charge in [-0.1, -0.05) is 30.3 Å². The van der Waals surface area contributed by atoms with Crippen molar-refractivity contribution in [1.29, 1.82) is 0 Å². The molecule has 18 nitrogen and oxygen atoms in total. The van der Waals surface area contributed by atoms with E-state index in [1.165, 1.54) is 18.2 Å². The summed E-state index contributed by atoms with van der Waals surface area (Å²) in [5.74, 6) is 2.32. The van der Waals surface area contributed by atoms with Gasteiger partial charge in [0.25, 0.3) is 0 Å². The van der Waals surface area contributed by atoms with Crippen LogP contribution in [-0.4, -0.2) is 119 Å². The summed E-state index contributed by atoms with van der Waals surface area (Å²) in [7, 11) is 0. The minimum Gasteiger partial charge on any atom is -0.357 e. The molecule has 8 N–H and O–H groups in total. The van der Waals surface area contributed by atoms with Gasteiger partial charge in [0, 0.05) is 88.0 Å². The number of anilines is 3. The number of aromatic nitrogens is 12. The van der Waals surface area contributed by atoms with E-state index in [9.17, 15) is 39.5 Å². The molecule has 1 unspecified atom stereocenters. The lowest BCUT2D eigenvalue weighted by atomic mass is 9.97. The Hall–Kier alpha value is -8.82. The van der Waals surface area contributed by atoms with E-state index >= 15 is 0 Å². The Labute approximate surface area is 481 Å². The van der Waals surface area contributed by atoms with Crippen molar-refractivity contribution in [2.75, 3.05) is 73.6 Å². The van der Waals surface area contributed by atoms with E-state index in [4.69, 9.17) is 11.5 Å². The molecule has 0 bridgehead atoms. The highest BCUT2D eigenvalue weighted by molar-refractivity contribution is 5.92. The van der Waals surface area contributed by atoms with Gasteiger partial charge in [-0.15, -0.1) is 0 Å². The number of rotatable bonds is 9. The number of fused-ring (bicyclic) bond motifs is 3. The minimum absolute atomic E-state index is 0. The van der Waals surface area contributed by atoms with Crippen molar-refractivity contribution in [3.63, 3.8) is 0 Å². The number of pyridine rings is 6. The zero-order chi connectivity index (χ0) is 59.5. The number of nitrogens with two attached hydrogens (primary N) is 2. The van der Waals surface area contributed by atoms with Crippen molar-refractivity contribution in [2.24, 2.45) is 23.3 Å². The van der Waals surface area contributed by atoms with Crippen LogP contribution >= 0.6 is 0 Å². The van der Waals surface area contributed by atoms with Gasteiger partial charge in [-0.05, 0) is 129 Å². The molecule has 3 fully saturated rings. The number of hydrogen-bond donors (Lipinski definition) is 6. The Morgan fingerprint density at radius 1 is 0.459 bits per heavy atom. The molecule has 444 valence electrons. The first-order chi connectivity index (χ1) is 40.9. The Kier molecular flexibility index (Phi) is 16.6. The first-order valence-electron chi connectivity index (χ1n) is 27.5. The highest BCUT2D eigenvalue weighted by atomic mass is 19.4. The summed E-state index contributed by atoms with van der Waals surface area (Å²) in [6, 6.07) is 27.7. The molecular weight excluding hydrogens is 1120 g/mol. The second kappa shape index (κ2) is 24.4. The number of benzene rings is 1. The van der Waals surface area contributed by atoms with Crippen LogP contribution in [0, 0.1) is 11.8 Å². The highest BCUT2D eigenvalue weighted by Gasteiger charge is 2.39. The number of piperidine rings is 2. The van der Waals surface area contributed by atoms with Crippen molar-refractivity contribution in [2.45, 2.75) is 50.3 Å². The van der Waals surface area contributed by atoms with E-state index in [-0.39, 0.29) is 41.6 Å². The average Bonchev–Trinajstić information content (AvgIpc) is 1.86. The number of hydrogen-bond acceptors (Lipinski definition) is 15. The molecule has 0 spiro atoms. The van der Waals surface area contributed by atoms with Crippen LogP contribution in [0.15, 0.2) is 122 Å². The van der Waals surface area contributed by atoms with Crippen LogP contribution in [0.4, 0.5) is 57.0 Å². The molecule has 1 aromatic carbocycles. The summed E-state index contributed by atoms with van der Waals surface area (Å²) in [5.41, 5.74) is 11.5. The first kappa shape index (κ1) is 58.0. The molecule has 27 heteroatoms. The zero-order valence-corrected chi connectivity index (χ0v) is 45.4. The van der Waals surface area contributed by atoms with Crippen molar-refractivity contribution < 1.29 is 40.9 Å². The Bertz CT molecular complexity index is 3900. The van der Waals surface area contributed by atoms with Crippen molar-refractivity contribution in [3.8, 4) is 34.2 Å². The molecule has 3 aliphatic rings. The van der Waals surface area contributed by atoms with E-state index in [1.54, 1.807) is 55.0 Å². The van der Waals surface area contributed by atoms with E-state index in [2.05, 4.69) is 65.8 Å². The maximum atomic E-state index is 13.8. The van der Waals surface area contributed by atoms with Crippen LogP contribution in [0.25, 0.3) is 67.3 Å². The average molecular weight is 1180 g/mol. The molecule has 0 saturated carbocycles. The maximum Gasteiger partial charge on any atom is 0.418 e. The summed E-state index contributed by atoms with van der Waals surface area (Å²) in [6.07, 6.45) is -5.17. The van der Waals surface area contributed by atoms with Gasteiger partial charge in [0.15, 0.2) is 16.9 Å². The van der Waals surface area contributed by atoms with Crippen LogP contribution in [-0.2, 0) is 18.5 Å². The summed E-state index contributed by atoms with van der Waals surface area (Å²) in [5, 5.41) is 25.1. The molecule has 0 radical (unpaired) electrons. The fourth-order valence-electron chi connectivity index (χ4n) is 11.0. The third-order valence-corrected chi connectivity index (χ3v) is 15.4. The molecule has 10 aromatic rings. The topological polar surface area (TPSA) is 237 Å². The van der Waals surface area contributed by atoms with Gasteiger partial charge in [0.1, 0.15) is 34.5 Å². The Balaban J connectivity index is 0.000000143. The van der Waals surface area contributed by atoms with Gasteiger partial charge in [-0.2, -0.15) is 54.8 Å². The van der Waals surface area contributed by atoms with Crippen LogP contribution in [0.3, 0.4) is 0 Å². The number of nitrogens with zero attached hydrogens (tertiary/aromatic N) is 12. The lowest BCUT2D eigenvalue weighted by molar-refractivity contribution is -0.138. The number of H-pyrrole nitrogens is 3. The lowest BCUT2D eigenvalue weighted by Gasteiger charge is -2.35. The number of halogens is 9. The summed E-state index contributed by atoms with van der Waals surface area (Å²) in [6.45, 7) is 6.04. The van der Waals surface area contributed by atoms with E-state index < -0.39 is 35.2 Å². The smallest absolute Gasteiger partial charge is 0.357 e. The molecule has 0 amide bonds. The molecule has 2 atom stereocenters. The second-order valence-corrected chi connectivity index (χ2v) is 20.8. The summed E-state index contributed by atoms with van der Waals surface area (Å²) in [4.78, 5) is 31.5. The molecule has 85 heavy (non-hydrogen) atoms. The number of nitrogens with one attached hydrogen (secondary N) is 4. The second-order valence-electron chi connectivity index (χ2n) is 20.8. The molecule has 13 rings (SSSR count). The van der Waals surface area contributed by atoms with Crippen LogP contribution in [0.1, 0.15) is 55.4 Å². The number of aromatic amines is 3. The maximum absolute atomic E-state index is 13.8. The predicted octanol–water partition coefficient (Wildman–Crippen LogP) is 10.9. The zero-order valence-electron chi connectivity index (χ0n) is 45.4. The third-order valence-electron chi connectivity index (χ3n) is 15.4. The van der Waals surface area contributed by atoms with Gasteiger partial charge < -0.3 is 31.5 Å². The van der Waals surface area contributed by atoms with Gasteiger partial charge in [0.05, 0.1) is 33.8 Å². The van der Waals surface area contributed by atoms with Crippen LogP contribution in [0.5, 0.6) is 0 Å². The minimum atomic E-state index is -4.55. The van der Waals surface area contributed by atoms with E-state index in [1.807, 2.05) is 45.0 Å². The molecule has 3 aliphatic heterocycles. The van der Waals surface area contributed by atoms with Gasteiger partial charge in [-0.3, -0.25) is 15.3 Å². The highest BCUT2D eigenvalue weighted by Crippen LogP contribution is 2.42. The van der Waals surface area contributed by atoms with Crippen LogP contribution in [0.2, 0.25) is 0 Å². The first-order valence-corrected chi connectivity index (χ1v) is 27.5. The molecule has 3 saturated heterocycles. The SMILES string of the molecule is FC(F)(F)c1ccc(N2CCN[C@@H](c3ccccc3)C2)nc1-c1[nH]nc2ncccc12.NCC1CCCN(c2ccc(C(F)(F)F)c(-c3[nH]nc4ncccc34)n2)C1.NCC1CCN(c2ccc(C(F)(F)F)c(-c3[nH]nc4ncccc34)n2)CC1.[HH]. The monoisotopic (exact) mass is 1180 g/mol. The third kappa shape index (κ3) is 12.7. The largest absolute Gasteiger partial charge is 0.418 e. The quantitative estimate of drug-likeness (QED) is 0.0737. The van der Waals surface area contributed by atoms with E-state index in [0.717, 1.165) is 69.1 Å². The normalized spacial score (nSPS) is 17.2. The van der Waals surface area contributed by atoms with Crippen molar-refractivity contribution >= 4 is 50.6 Å². The van der Waals surface area contributed by atoms with Gasteiger partial charge in [-0.25, -0.2) is 29.9 Å². The van der Waals surface area contributed by atoms with Gasteiger partial charge >= 0.3 is 18.5 Å². The number of piperazine rings is 1. The van der Waals surface area contributed by atoms with Crippen molar-refractivity contribution in [3.05, 3.63) is 144 Å². The standard InChI is InChI=1S/C22H19F3N6.2C18H19F3N6.H2/c23-22(24,25)16-8-9-18(28-20(16)19-15-7-4-10-27-21(15)30-29-19)31-12-11-26-17(13-31)14-5-2-1-3-6-14;19-18(20,21)13-5-6-14(27-8-2-3-11(9-22)10-27)24-16(13)15-12-4-1-7-23-17(12)26-25-15;19-18(20,21)13-3-4-14(27-8-5-11(10-22)6-9-27)24-16(13)15-12-2-1-7-23-17(12)26-25-15;/h1-10,17,26H,11-13H2,(H,27,29,30);1,4-7,11H,2-3,8-10,22H2,(H,23,25,26);1-4,7,11H,5-6,8-10,22H2,(H,23,25,26);1H/t17-;;;/m1.../s1. The molecule has 0 aliphatic carbocycles. The predicted molar refractivity (Wildman–Crippen MR) is 306 cm³/mol. The van der Waals surface area contributed by atoms with E-state index in [0.29, 0.717) is 102 Å². The van der Waals surface area contributed by atoms with Crippen molar-refractivity contribution in [1.82, 2.24) is 65.8 Å². The summed E-state index contributed by atoms with van der Waals surface area (Å²) < 4.78 is 123. The number of alkyl halides is 9. The lowest BCUT2D eigenvalue weighted by Crippen LogP contribution is -2.46.